The summed E-state index contributed by atoms with van der Waals surface area (Å²) in [7, 11) is -3.72. The highest BCUT2D eigenvalue weighted by Gasteiger charge is 2.25. The van der Waals surface area contributed by atoms with Crippen molar-refractivity contribution in [2.24, 2.45) is 5.14 Å². The van der Waals surface area contributed by atoms with Crippen molar-refractivity contribution in [1.29, 1.82) is 0 Å². The lowest BCUT2D eigenvalue weighted by atomic mass is 10.3. The summed E-state index contributed by atoms with van der Waals surface area (Å²) in [5.74, 6) is 2.36. The van der Waals surface area contributed by atoms with Crippen LogP contribution in [0.1, 0.15) is 30.0 Å². The first-order chi connectivity index (χ1) is 11.9. The Kier molecular flexibility index (Phi) is 3.82. The van der Waals surface area contributed by atoms with Crippen LogP contribution in [0.5, 0.6) is 0 Å². The second kappa shape index (κ2) is 5.90. The number of aromatic amines is 1. The molecule has 0 amide bonds. The monoisotopic (exact) mass is 376 g/mol. The van der Waals surface area contributed by atoms with E-state index < -0.39 is 10.0 Å². The smallest absolute Gasteiger partial charge is 0.247 e. The molecule has 1 saturated carbocycles. The van der Waals surface area contributed by atoms with Gasteiger partial charge in [0.1, 0.15) is 10.0 Å². The van der Waals surface area contributed by atoms with Gasteiger partial charge in [0.25, 0.3) is 0 Å². The molecule has 10 heteroatoms. The maximum atomic E-state index is 11.4. The van der Waals surface area contributed by atoms with E-state index in [1.165, 1.54) is 18.9 Å². The predicted octanol–water partition coefficient (Wildman–Crippen LogP) is 2.51. The van der Waals surface area contributed by atoms with Crippen molar-refractivity contribution in [1.82, 2.24) is 20.2 Å². The molecule has 4 N–H and O–H groups in total. The number of nitrogens with two attached hydrogens (primary N) is 1. The average molecular weight is 376 g/mol. The first-order valence-electron chi connectivity index (χ1n) is 7.69. The molecule has 0 bridgehead atoms. The van der Waals surface area contributed by atoms with E-state index >= 15 is 0 Å². The maximum Gasteiger partial charge on any atom is 0.247 e. The van der Waals surface area contributed by atoms with Crippen LogP contribution in [-0.2, 0) is 10.0 Å². The highest BCUT2D eigenvalue weighted by Crippen LogP contribution is 2.39. The van der Waals surface area contributed by atoms with Gasteiger partial charge < -0.3 is 5.32 Å². The Balaban J connectivity index is 1.62. The van der Waals surface area contributed by atoms with E-state index in [-0.39, 0.29) is 4.21 Å². The molecule has 0 radical (unpaired) electrons. The molecule has 130 valence electrons. The number of primary sulfonamides is 1. The topological polar surface area (TPSA) is 127 Å². The summed E-state index contributed by atoms with van der Waals surface area (Å²) in [6, 6.07) is 5.10. The molecule has 3 aromatic heterocycles. The molecule has 1 fully saturated rings. The molecule has 0 unspecified atom stereocenters. The molecule has 4 rings (SSSR count). The minimum atomic E-state index is -3.72. The predicted molar refractivity (Wildman–Crippen MR) is 95.3 cm³/mol. The Morgan fingerprint density at radius 2 is 2.16 bits per heavy atom. The molecular weight excluding hydrogens is 360 g/mol. The van der Waals surface area contributed by atoms with Gasteiger partial charge in [0.15, 0.2) is 11.6 Å². The lowest BCUT2D eigenvalue weighted by molar-refractivity contribution is 0.600. The van der Waals surface area contributed by atoms with Crippen molar-refractivity contribution in [2.45, 2.75) is 29.9 Å². The fourth-order valence-corrected chi connectivity index (χ4v) is 4.08. The summed E-state index contributed by atoms with van der Waals surface area (Å²) in [6.07, 6.45) is 4.08. The van der Waals surface area contributed by atoms with Crippen LogP contribution in [0.3, 0.4) is 0 Å². The van der Waals surface area contributed by atoms with Gasteiger partial charge in [0, 0.05) is 29.4 Å². The second-order valence-electron chi connectivity index (χ2n) is 6.00. The molecule has 1 aliphatic rings. The number of sulfonamides is 1. The lowest BCUT2D eigenvalue weighted by Crippen LogP contribution is -2.09. The van der Waals surface area contributed by atoms with Gasteiger partial charge >= 0.3 is 0 Å². The number of rotatable bonds is 5. The lowest BCUT2D eigenvalue weighted by Gasteiger charge is -2.06. The molecule has 0 aromatic carbocycles. The van der Waals surface area contributed by atoms with Crippen molar-refractivity contribution < 1.29 is 8.42 Å². The fourth-order valence-electron chi connectivity index (χ4n) is 2.41. The quantitative estimate of drug-likeness (QED) is 0.628. The van der Waals surface area contributed by atoms with E-state index in [0.29, 0.717) is 28.3 Å². The van der Waals surface area contributed by atoms with Crippen LogP contribution in [-0.4, -0.2) is 28.6 Å². The van der Waals surface area contributed by atoms with Crippen LogP contribution in [0.4, 0.5) is 11.6 Å². The third-order valence-electron chi connectivity index (χ3n) is 3.92. The molecule has 3 heterocycles. The highest BCUT2D eigenvalue weighted by molar-refractivity contribution is 7.91. The number of H-pyrrole nitrogens is 1. The largest absolute Gasteiger partial charge is 0.323 e. The van der Waals surface area contributed by atoms with Gasteiger partial charge in [-0.2, -0.15) is 5.10 Å². The van der Waals surface area contributed by atoms with Crippen LogP contribution in [0.25, 0.3) is 10.7 Å². The number of nitrogens with zero attached hydrogens (tertiary/aromatic N) is 3. The maximum absolute atomic E-state index is 11.4. The van der Waals surface area contributed by atoms with E-state index in [4.69, 9.17) is 5.14 Å². The first kappa shape index (κ1) is 16.2. The van der Waals surface area contributed by atoms with Crippen LogP contribution in [0.15, 0.2) is 28.6 Å². The molecule has 1 aliphatic carbocycles. The van der Waals surface area contributed by atoms with Crippen LogP contribution in [0, 0.1) is 6.92 Å². The van der Waals surface area contributed by atoms with Gasteiger partial charge in [0.05, 0.1) is 4.88 Å². The van der Waals surface area contributed by atoms with E-state index in [1.54, 1.807) is 12.3 Å². The van der Waals surface area contributed by atoms with Gasteiger partial charge in [-0.3, -0.25) is 5.10 Å². The SMILES string of the molecule is Cc1cnc(-c2ccc(S(N)(=O)=O)s2)nc1Nc1cc(C2CC2)[nH]n1. The Hall–Kier alpha value is -2.30. The minimum absolute atomic E-state index is 0.0857. The first-order valence-corrected chi connectivity index (χ1v) is 10.1. The zero-order valence-corrected chi connectivity index (χ0v) is 15.0. The van der Waals surface area contributed by atoms with Crippen molar-refractivity contribution in [2.75, 3.05) is 5.32 Å². The second-order valence-corrected chi connectivity index (χ2v) is 8.87. The summed E-state index contributed by atoms with van der Waals surface area (Å²) < 4.78 is 22.9. The van der Waals surface area contributed by atoms with Gasteiger partial charge in [-0.05, 0) is 31.9 Å². The number of hydrogen-bond donors (Lipinski definition) is 3. The van der Waals surface area contributed by atoms with Gasteiger partial charge in [-0.25, -0.2) is 23.5 Å². The molecule has 8 nitrogen and oxygen atoms in total. The molecule has 0 spiro atoms. The fraction of sp³-hybridized carbons (Fsp3) is 0.267. The van der Waals surface area contributed by atoms with Crippen molar-refractivity contribution in [3.8, 4) is 10.7 Å². The molecule has 0 saturated heterocycles. The van der Waals surface area contributed by atoms with E-state index in [1.807, 2.05) is 13.0 Å². The number of nitrogens with one attached hydrogen (secondary N) is 2. The molecule has 25 heavy (non-hydrogen) atoms. The standard InChI is InChI=1S/C15H16N6O2S2/c1-8-7-17-15(11-4-5-13(24-11)25(16,22)23)19-14(8)18-12-6-10(20-21-12)9-2-3-9/h4-7,9H,2-3H2,1H3,(H2,16,22,23)(H2,17,18,19,20,21). The van der Waals surface area contributed by atoms with Crippen molar-refractivity contribution >= 4 is 33.0 Å². The summed E-state index contributed by atoms with van der Waals surface area (Å²) in [5.41, 5.74) is 1.99. The van der Waals surface area contributed by atoms with E-state index in [9.17, 15) is 8.42 Å². The Morgan fingerprint density at radius 1 is 1.36 bits per heavy atom. The number of thiophene rings is 1. The summed E-state index contributed by atoms with van der Waals surface area (Å²) >= 11 is 1.04. The van der Waals surface area contributed by atoms with Crippen LogP contribution in [0.2, 0.25) is 0 Å². The number of aryl methyl sites for hydroxylation is 1. The summed E-state index contributed by atoms with van der Waals surface area (Å²) in [5, 5.41) is 15.6. The third-order valence-corrected chi connectivity index (χ3v) is 6.43. The van der Waals surface area contributed by atoms with E-state index in [2.05, 4.69) is 25.5 Å². The average Bonchev–Trinajstić information content (AvgIpc) is 3.09. The number of aromatic nitrogens is 4. The van der Waals surface area contributed by atoms with Crippen LogP contribution < -0.4 is 10.5 Å². The van der Waals surface area contributed by atoms with Gasteiger partial charge in [-0.15, -0.1) is 11.3 Å². The Morgan fingerprint density at radius 3 is 2.84 bits per heavy atom. The Bertz CT molecular complexity index is 1040. The van der Waals surface area contributed by atoms with E-state index in [0.717, 1.165) is 22.6 Å². The number of hydrogen-bond acceptors (Lipinski definition) is 7. The summed E-state index contributed by atoms with van der Waals surface area (Å²) in [6.45, 7) is 1.89. The van der Waals surface area contributed by atoms with Crippen molar-refractivity contribution in [3.05, 3.63) is 35.7 Å². The number of anilines is 2. The molecular formula is C15H16N6O2S2. The highest BCUT2D eigenvalue weighted by atomic mass is 32.2. The van der Waals surface area contributed by atoms with Gasteiger partial charge in [-0.1, -0.05) is 0 Å². The normalized spacial score (nSPS) is 14.6. The van der Waals surface area contributed by atoms with Crippen LogP contribution >= 0.6 is 11.3 Å². The Labute approximate surface area is 148 Å². The third kappa shape index (κ3) is 3.41. The van der Waals surface area contributed by atoms with Gasteiger partial charge in [0.2, 0.25) is 10.0 Å². The van der Waals surface area contributed by atoms with Crippen molar-refractivity contribution in [3.63, 3.8) is 0 Å². The summed E-state index contributed by atoms with van der Waals surface area (Å²) in [4.78, 5) is 9.42. The zero-order chi connectivity index (χ0) is 17.6. The molecule has 0 aliphatic heterocycles. The zero-order valence-electron chi connectivity index (χ0n) is 13.4. The molecule has 0 atom stereocenters. The minimum Gasteiger partial charge on any atom is -0.323 e. The molecule has 3 aromatic rings.